The number of halogens is 6. The lowest BCUT2D eigenvalue weighted by atomic mass is 10.0. The first-order chi connectivity index (χ1) is 18.5. The van der Waals surface area contributed by atoms with Crippen molar-refractivity contribution in [1.29, 1.82) is 0 Å². The minimum atomic E-state index is -4.62. The lowest BCUT2D eigenvalue weighted by molar-refractivity contribution is -0.141. The number of nitrogens with zero attached hydrogens (tertiary/aromatic N) is 5. The summed E-state index contributed by atoms with van der Waals surface area (Å²) in [6, 6.07) is 8.67. The number of alkyl halides is 6. The SMILES string of the molecule is C=CCN(CC=C)Cc1nc(Nc2ccc(C(F)(F)F)nc2)c2ccc(-c3ncccc3C(F)(F)F)cc2n1. The van der Waals surface area contributed by atoms with Gasteiger partial charge in [0.2, 0.25) is 0 Å². The van der Waals surface area contributed by atoms with Crippen molar-refractivity contribution in [3.63, 3.8) is 0 Å². The van der Waals surface area contributed by atoms with Crippen molar-refractivity contribution in [2.75, 3.05) is 18.4 Å². The van der Waals surface area contributed by atoms with Gasteiger partial charge in [-0.1, -0.05) is 18.2 Å². The molecule has 1 aromatic carbocycles. The molecule has 3 heterocycles. The molecule has 0 aliphatic rings. The van der Waals surface area contributed by atoms with Crippen LogP contribution < -0.4 is 5.32 Å². The molecule has 3 aromatic heterocycles. The minimum absolute atomic E-state index is 0.191. The molecule has 12 heteroatoms. The number of hydrogen-bond donors (Lipinski definition) is 1. The van der Waals surface area contributed by atoms with Gasteiger partial charge in [-0.2, -0.15) is 26.3 Å². The molecule has 0 saturated carbocycles. The van der Waals surface area contributed by atoms with E-state index < -0.39 is 23.6 Å². The van der Waals surface area contributed by atoms with Crippen LogP contribution in [0.3, 0.4) is 0 Å². The van der Waals surface area contributed by atoms with E-state index in [-0.39, 0.29) is 29.3 Å². The van der Waals surface area contributed by atoms with E-state index in [1.807, 2.05) is 4.90 Å². The Morgan fingerprint density at radius 2 is 1.62 bits per heavy atom. The molecule has 0 bridgehead atoms. The fraction of sp³-hybridized carbons (Fsp3) is 0.185. The van der Waals surface area contributed by atoms with E-state index in [9.17, 15) is 26.3 Å². The fourth-order valence-corrected chi connectivity index (χ4v) is 3.90. The Kier molecular flexibility index (Phi) is 7.95. The molecule has 1 N–H and O–H groups in total. The number of hydrogen-bond acceptors (Lipinski definition) is 6. The molecule has 39 heavy (non-hydrogen) atoms. The number of fused-ring (bicyclic) bond motifs is 1. The summed E-state index contributed by atoms with van der Waals surface area (Å²) in [5.74, 6) is 0.570. The molecule has 4 aromatic rings. The highest BCUT2D eigenvalue weighted by Crippen LogP contribution is 2.37. The smallest absolute Gasteiger partial charge is 0.338 e. The molecule has 0 saturated heterocycles. The average Bonchev–Trinajstić information content (AvgIpc) is 2.88. The first-order valence-electron chi connectivity index (χ1n) is 11.6. The van der Waals surface area contributed by atoms with E-state index in [1.54, 1.807) is 12.2 Å². The first-order valence-corrected chi connectivity index (χ1v) is 11.6. The molecule has 6 nitrogen and oxygen atoms in total. The van der Waals surface area contributed by atoms with Gasteiger partial charge in [0.1, 0.15) is 17.3 Å². The lowest BCUT2D eigenvalue weighted by Crippen LogP contribution is -2.24. The van der Waals surface area contributed by atoms with Crippen LogP contribution >= 0.6 is 0 Å². The van der Waals surface area contributed by atoms with Crippen molar-refractivity contribution in [3.05, 3.63) is 97.2 Å². The average molecular weight is 545 g/mol. The van der Waals surface area contributed by atoms with Crippen molar-refractivity contribution in [2.45, 2.75) is 18.9 Å². The van der Waals surface area contributed by atoms with E-state index in [0.717, 1.165) is 18.3 Å². The number of anilines is 2. The highest BCUT2D eigenvalue weighted by molar-refractivity contribution is 5.93. The highest BCUT2D eigenvalue weighted by atomic mass is 19.4. The number of nitrogens with one attached hydrogen (secondary N) is 1. The lowest BCUT2D eigenvalue weighted by Gasteiger charge is -2.19. The molecule has 0 aliphatic carbocycles. The third-order valence-corrected chi connectivity index (χ3v) is 5.59. The van der Waals surface area contributed by atoms with Crippen LogP contribution in [0.25, 0.3) is 22.2 Å². The van der Waals surface area contributed by atoms with Crippen LogP contribution in [-0.4, -0.2) is 37.9 Å². The van der Waals surface area contributed by atoms with Gasteiger partial charge in [0, 0.05) is 30.2 Å². The van der Waals surface area contributed by atoms with Crippen LogP contribution in [0.15, 0.2) is 80.2 Å². The molecule has 4 rings (SSSR count). The maximum atomic E-state index is 13.6. The molecular weight excluding hydrogens is 522 g/mol. The minimum Gasteiger partial charge on any atom is -0.338 e. The number of benzene rings is 1. The summed E-state index contributed by atoms with van der Waals surface area (Å²) in [4.78, 5) is 18.5. The van der Waals surface area contributed by atoms with E-state index in [2.05, 4.69) is 38.4 Å². The Balaban J connectivity index is 1.81. The van der Waals surface area contributed by atoms with Gasteiger partial charge in [-0.3, -0.25) is 9.88 Å². The van der Waals surface area contributed by atoms with Crippen molar-refractivity contribution in [3.8, 4) is 11.3 Å². The predicted octanol–water partition coefficient (Wildman–Crippen LogP) is 7.04. The molecule has 0 amide bonds. The predicted molar refractivity (Wildman–Crippen MR) is 136 cm³/mol. The summed E-state index contributed by atoms with van der Waals surface area (Å²) in [6.07, 6.45) is -3.54. The fourth-order valence-electron chi connectivity index (χ4n) is 3.90. The summed E-state index contributed by atoms with van der Waals surface area (Å²) in [5.41, 5.74) is -1.46. The van der Waals surface area contributed by atoms with Crippen molar-refractivity contribution < 1.29 is 26.3 Å². The van der Waals surface area contributed by atoms with Gasteiger partial charge >= 0.3 is 12.4 Å². The van der Waals surface area contributed by atoms with Crippen LogP contribution in [0, 0.1) is 0 Å². The molecule has 0 unspecified atom stereocenters. The number of pyridine rings is 2. The van der Waals surface area contributed by atoms with Crippen molar-refractivity contribution >= 4 is 22.4 Å². The monoisotopic (exact) mass is 544 g/mol. The van der Waals surface area contributed by atoms with Gasteiger partial charge in [-0.15, -0.1) is 13.2 Å². The summed E-state index contributed by atoms with van der Waals surface area (Å²) >= 11 is 0. The second-order valence-corrected chi connectivity index (χ2v) is 8.44. The standard InChI is InChI=1S/C27H22F6N6/c1-3-12-39(13-4-2)16-23-37-21-14-17(24-20(26(28,29)30)6-5-11-34-24)7-9-19(21)25(38-23)36-18-8-10-22(35-15-18)27(31,32)33/h3-11,14-15H,1-2,12-13,16H2,(H,36,37,38). The second-order valence-electron chi connectivity index (χ2n) is 8.44. The summed E-state index contributed by atoms with van der Waals surface area (Å²) in [5, 5.41) is 3.40. The third kappa shape index (κ3) is 6.58. The van der Waals surface area contributed by atoms with Crippen molar-refractivity contribution in [2.24, 2.45) is 0 Å². The highest BCUT2D eigenvalue weighted by Gasteiger charge is 2.34. The first kappa shape index (κ1) is 27.7. The normalized spacial score (nSPS) is 12.1. The van der Waals surface area contributed by atoms with Crippen LogP contribution in [0.5, 0.6) is 0 Å². The van der Waals surface area contributed by atoms with Crippen LogP contribution in [-0.2, 0) is 18.9 Å². The second kappa shape index (κ2) is 11.2. The maximum Gasteiger partial charge on any atom is 0.433 e. The third-order valence-electron chi connectivity index (χ3n) is 5.59. The van der Waals surface area contributed by atoms with Gasteiger partial charge < -0.3 is 5.32 Å². The summed E-state index contributed by atoms with van der Waals surface area (Å²) in [7, 11) is 0. The summed E-state index contributed by atoms with van der Waals surface area (Å²) in [6.45, 7) is 8.68. The zero-order valence-electron chi connectivity index (χ0n) is 20.4. The summed E-state index contributed by atoms with van der Waals surface area (Å²) < 4.78 is 79.7. The topological polar surface area (TPSA) is 66.8 Å². The van der Waals surface area contributed by atoms with Gasteiger partial charge in [-0.05, 0) is 36.4 Å². The zero-order chi connectivity index (χ0) is 28.2. The van der Waals surface area contributed by atoms with Gasteiger partial charge in [0.15, 0.2) is 0 Å². The Hall–Kier alpha value is -4.32. The largest absolute Gasteiger partial charge is 0.433 e. The molecule has 0 atom stereocenters. The van der Waals surface area contributed by atoms with E-state index in [1.165, 1.54) is 36.5 Å². The molecular formula is C27H22F6N6. The molecule has 0 radical (unpaired) electrons. The van der Waals surface area contributed by atoms with Crippen LogP contribution in [0.2, 0.25) is 0 Å². The molecule has 0 fully saturated rings. The van der Waals surface area contributed by atoms with E-state index in [4.69, 9.17) is 0 Å². The molecule has 0 spiro atoms. The molecule has 202 valence electrons. The quantitative estimate of drug-likeness (QED) is 0.180. The number of aromatic nitrogens is 4. The van der Waals surface area contributed by atoms with Gasteiger partial charge in [-0.25, -0.2) is 15.0 Å². The molecule has 0 aliphatic heterocycles. The van der Waals surface area contributed by atoms with Gasteiger partial charge in [0.05, 0.1) is 35.2 Å². The van der Waals surface area contributed by atoms with Crippen LogP contribution in [0.4, 0.5) is 37.8 Å². The van der Waals surface area contributed by atoms with E-state index in [0.29, 0.717) is 29.8 Å². The van der Waals surface area contributed by atoms with Crippen molar-refractivity contribution in [1.82, 2.24) is 24.8 Å². The zero-order valence-corrected chi connectivity index (χ0v) is 20.4. The number of rotatable bonds is 9. The van der Waals surface area contributed by atoms with E-state index >= 15 is 0 Å². The van der Waals surface area contributed by atoms with Crippen LogP contribution in [0.1, 0.15) is 17.1 Å². The Bertz CT molecular complexity index is 1470. The van der Waals surface area contributed by atoms with Gasteiger partial charge in [0.25, 0.3) is 0 Å². The Morgan fingerprint density at radius 1 is 0.872 bits per heavy atom. The maximum absolute atomic E-state index is 13.6. The Morgan fingerprint density at radius 3 is 2.23 bits per heavy atom. The Labute approximate surface area is 219 Å².